The lowest BCUT2D eigenvalue weighted by Gasteiger charge is -2.34. The van der Waals surface area contributed by atoms with E-state index in [1.807, 2.05) is 12.4 Å². The molecule has 0 aliphatic carbocycles. The number of nitrogens with zero attached hydrogens (tertiary/aromatic N) is 3. The second kappa shape index (κ2) is 4.30. The maximum atomic E-state index is 4.36. The highest BCUT2D eigenvalue weighted by Crippen LogP contribution is 2.26. The average molecular weight is 283 g/mol. The molecule has 1 N–H and O–H groups in total. The van der Waals surface area contributed by atoms with Gasteiger partial charge >= 0.3 is 0 Å². The number of rotatable bonds is 1. The molecule has 16 heavy (non-hydrogen) atoms. The van der Waals surface area contributed by atoms with E-state index in [0.717, 1.165) is 35.5 Å². The molecule has 0 spiro atoms. The van der Waals surface area contributed by atoms with Crippen LogP contribution in [0.1, 0.15) is 12.8 Å². The number of halogens is 1. The van der Waals surface area contributed by atoms with E-state index in [2.05, 4.69) is 36.1 Å². The van der Waals surface area contributed by atoms with E-state index in [-0.39, 0.29) is 0 Å². The first-order valence-electron chi connectivity index (χ1n) is 5.79. The first-order valence-corrected chi connectivity index (χ1v) is 6.58. The summed E-state index contributed by atoms with van der Waals surface area (Å²) in [5.41, 5.74) is 0. The molecule has 2 saturated heterocycles. The molecule has 2 aliphatic heterocycles. The van der Waals surface area contributed by atoms with Crippen LogP contribution < -0.4 is 10.2 Å². The van der Waals surface area contributed by atoms with Gasteiger partial charge in [0, 0.05) is 31.5 Å². The fourth-order valence-electron chi connectivity index (χ4n) is 2.70. The number of fused-ring (bicyclic) bond motifs is 1. The molecular weight excluding hydrogens is 268 g/mol. The Morgan fingerprint density at radius 2 is 2.12 bits per heavy atom. The van der Waals surface area contributed by atoms with Crippen LogP contribution in [-0.4, -0.2) is 35.6 Å². The zero-order chi connectivity index (χ0) is 11.0. The second-order valence-corrected chi connectivity index (χ2v) is 5.46. The van der Waals surface area contributed by atoms with Gasteiger partial charge in [0.2, 0.25) is 5.95 Å². The van der Waals surface area contributed by atoms with E-state index in [9.17, 15) is 0 Å². The second-order valence-electron chi connectivity index (χ2n) is 4.55. The minimum absolute atomic E-state index is 0.728. The summed E-state index contributed by atoms with van der Waals surface area (Å²) in [5, 5.41) is 3.56. The van der Waals surface area contributed by atoms with Gasteiger partial charge in [-0.1, -0.05) is 0 Å². The maximum Gasteiger partial charge on any atom is 0.225 e. The molecule has 0 saturated carbocycles. The molecule has 1 aromatic rings. The fourth-order valence-corrected chi connectivity index (χ4v) is 2.90. The van der Waals surface area contributed by atoms with E-state index in [0.29, 0.717) is 0 Å². The first kappa shape index (κ1) is 10.5. The number of hydrogen-bond donors (Lipinski definition) is 1. The Hall–Kier alpha value is -0.680. The van der Waals surface area contributed by atoms with Gasteiger partial charge in [0.05, 0.1) is 4.47 Å². The van der Waals surface area contributed by atoms with Gasteiger partial charge in [-0.15, -0.1) is 0 Å². The van der Waals surface area contributed by atoms with Crippen LogP contribution in [0.5, 0.6) is 0 Å². The molecule has 2 unspecified atom stereocenters. The highest BCUT2D eigenvalue weighted by atomic mass is 79.9. The highest BCUT2D eigenvalue weighted by molar-refractivity contribution is 9.10. The largest absolute Gasteiger partial charge is 0.340 e. The normalized spacial score (nSPS) is 29.2. The van der Waals surface area contributed by atoms with Gasteiger partial charge < -0.3 is 10.2 Å². The van der Waals surface area contributed by atoms with Crippen molar-refractivity contribution in [2.45, 2.75) is 18.9 Å². The quantitative estimate of drug-likeness (QED) is 0.846. The standard InChI is InChI=1S/C11H15BrN4/c12-9-5-14-11(15-6-9)16-4-2-10-8(7-16)1-3-13-10/h5-6,8,10,13H,1-4,7H2. The molecule has 5 heteroatoms. The van der Waals surface area contributed by atoms with Gasteiger partial charge in [-0.3, -0.25) is 0 Å². The number of hydrogen-bond acceptors (Lipinski definition) is 4. The molecule has 0 radical (unpaired) electrons. The summed E-state index contributed by atoms with van der Waals surface area (Å²) in [4.78, 5) is 11.0. The van der Waals surface area contributed by atoms with Crippen LogP contribution >= 0.6 is 15.9 Å². The molecule has 0 amide bonds. The molecule has 2 aliphatic rings. The van der Waals surface area contributed by atoms with Gasteiger partial charge in [0.15, 0.2) is 0 Å². The molecule has 2 atom stereocenters. The minimum atomic E-state index is 0.728. The lowest BCUT2D eigenvalue weighted by Crippen LogP contribution is -2.45. The Bertz CT molecular complexity index is 367. The van der Waals surface area contributed by atoms with Crippen LogP contribution in [0.3, 0.4) is 0 Å². The third kappa shape index (κ3) is 1.94. The van der Waals surface area contributed by atoms with Gasteiger partial charge in [0.1, 0.15) is 0 Å². The smallest absolute Gasteiger partial charge is 0.225 e. The number of nitrogens with one attached hydrogen (secondary N) is 1. The minimum Gasteiger partial charge on any atom is -0.340 e. The van der Waals surface area contributed by atoms with Gasteiger partial charge in [0.25, 0.3) is 0 Å². The summed E-state index contributed by atoms with van der Waals surface area (Å²) in [7, 11) is 0. The Balaban J connectivity index is 1.74. The van der Waals surface area contributed by atoms with Crippen molar-refractivity contribution in [1.29, 1.82) is 0 Å². The zero-order valence-corrected chi connectivity index (χ0v) is 10.7. The Kier molecular flexibility index (Phi) is 2.81. The summed E-state index contributed by atoms with van der Waals surface area (Å²) >= 11 is 3.36. The van der Waals surface area contributed by atoms with Crippen LogP contribution in [0.15, 0.2) is 16.9 Å². The number of aromatic nitrogens is 2. The van der Waals surface area contributed by atoms with E-state index in [1.165, 1.54) is 19.4 Å². The van der Waals surface area contributed by atoms with Crippen molar-refractivity contribution in [2.24, 2.45) is 5.92 Å². The third-order valence-electron chi connectivity index (χ3n) is 3.55. The molecule has 1 aromatic heterocycles. The van der Waals surface area contributed by atoms with Crippen LogP contribution in [0.25, 0.3) is 0 Å². The van der Waals surface area contributed by atoms with Crippen LogP contribution in [0.4, 0.5) is 5.95 Å². The first-order chi connectivity index (χ1) is 7.83. The summed E-state index contributed by atoms with van der Waals surface area (Å²) in [6, 6.07) is 0.728. The molecular formula is C11H15BrN4. The lowest BCUT2D eigenvalue weighted by atomic mass is 9.94. The Morgan fingerprint density at radius 1 is 1.31 bits per heavy atom. The van der Waals surface area contributed by atoms with Crippen molar-refractivity contribution in [3.63, 3.8) is 0 Å². The Morgan fingerprint density at radius 3 is 2.94 bits per heavy atom. The molecule has 0 aromatic carbocycles. The predicted molar refractivity (Wildman–Crippen MR) is 66.5 cm³/mol. The molecule has 4 nitrogen and oxygen atoms in total. The SMILES string of the molecule is Brc1cnc(N2CCC3NCCC3C2)nc1. The van der Waals surface area contributed by atoms with E-state index < -0.39 is 0 Å². The number of anilines is 1. The third-order valence-corrected chi connectivity index (χ3v) is 3.95. The lowest BCUT2D eigenvalue weighted by molar-refractivity contribution is 0.373. The van der Waals surface area contributed by atoms with E-state index >= 15 is 0 Å². The fraction of sp³-hybridized carbons (Fsp3) is 0.636. The predicted octanol–water partition coefficient (Wildman–Crippen LogP) is 1.43. The molecule has 0 bridgehead atoms. The molecule has 3 heterocycles. The molecule has 2 fully saturated rings. The van der Waals surface area contributed by atoms with Crippen molar-refractivity contribution >= 4 is 21.9 Å². The molecule has 3 rings (SSSR count). The number of piperidine rings is 1. The van der Waals surface area contributed by atoms with Crippen molar-refractivity contribution in [3.05, 3.63) is 16.9 Å². The summed E-state index contributed by atoms with van der Waals surface area (Å²) in [5.74, 6) is 1.65. The topological polar surface area (TPSA) is 41.1 Å². The van der Waals surface area contributed by atoms with Gasteiger partial charge in [-0.2, -0.15) is 0 Å². The highest BCUT2D eigenvalue weighted by Gasteiger charge is 2.33. The Labute approximate surface area is 104 Å². The average Bonchev–Trinajstić information content (AvgIpc) is 2.77. The summed E-state index contributed by atoms with van der Waals surface area (Å²) in [6.07, 6.45) is 6.14. The van der Waals surface area contributed by atoms with Crippen molar-refractivity contribution < 1.29 is 0 Å². The summed E-state index contributed by atoms with van der Waals surface area (Å²) in [6.45, 7) is 3.33. The van der Waals surface area contributed by atoms with Crippen molar-refractivity contribution in [2.75, 3.05) is 24.5 Å². The zero-order valence-electron chi connectivity index (χ0n) is 9.06. The summed E-state index contributed by atoms with van der Waals surface area (Å²) < 4.78 is 0.939. The van der Waals surface area contributed by atoms with E-state index in [4.69, 9.17) is 0 Å². The van der Waals surface area contributed by atoms with Gasteiger partial charge in [-0.05, 0) is 41.2 Å². The van der Waals surface area contributed by atoms with E-state index in [1.54, 1.807) is 0 Å². The van der Waals surface area contributed by atoms with Crippen LogP contribution in [-0.2, 0) is 0 Å². The molecule has 86 valence electrons. The maximum absolute atomic E-state index is 4.36. The van der Waals surface area contributed by atoms with Gasteiger partial charge in [-0.25, -0.2) is 9.97 Å². The van der Waals surface area contributed by atoms with Crippen molar-refractivity contribution in [3.8, 4) is 0 Å². The monoisotopic (exact) mass is 282 g/mol. The van der Waals surface area contributed by atoms with Crippen molar-refractivity contribution in [1.82, 2.24) is 15.3 Å². The van der Waals surface area contributed by atoms with Crippen LogP contribution in [0.2, 0.25) is 0 Å². The van der Waals surface area contributed by atoms with Crippen LogP contribution in [0, 0.1) is 5.92 Å².